The minimum atomic E-state index is 0.203. The van der Waals surface area contributed by atoms with Crippen molar-refractivity contribution in [1.82, 2.24) is 4.98 Å². The zero-order valence-corrected chi connectivity index (χ0v) is 13.3. The van der Waals surface area contributed by atoms with Gasteiger partial charge >= 0.3 is 0 Å². The Labute approximate surface area is 135 Å². The summed E-state index contributed by atoms with van der Waals surface area (Å²) >= 11 is 6.00. The van der Waals surface area contributed by atoms with Crippen molar-refractivity contribution < 1.29 is 4.79 Å². The van der Waals surface area contributed by atoms with Crippen LogP contribution in [0.5, 0.6) is 0 Å². The smallest absolute Gasteiger partial charge is 0.227 e. The van der Waals surface area contributed by atoms with Crippen LogP contribution in [0.15, 0.2) is 24.3 Å². The van der Waals surface area contributed by atoms with Crippen molar-refractivity contribution in [1.29, 1.82) is 0 Å². The van der Waals surface area contributed by atoms with E-state index < -0.39 is 0 Å². The molecule has 1 aromatic carbocycles. The van der Waals surface area contributed by atoms with Gasteiger partial charge in [0.25, 0.3) is 0 Å². The predicted octanol–water partition coefficient (Wildman–Crippen LogP) is 3.71. The van der Waals surface area contributed by atoms with Crippen LogP contribution < -0.4 is 4.90 Å². The number of alkyl halides is 1. The monoisotopic (exact) mass is 314 g/mol. The van der Waals surface area contributed by atoms with E-state index in [9.17, 15) is 4.79 Å². The Balaban J connectivity index is 1.93. The van der Waals surface area contributed by atoms with Gasteiger partial charge in [-0.2, -0.15) is 0 Å². The maximum absolute atomic E-state index is 12.5. The van der Waals surface area contributed by atoms with E-state index in [0.717, 1.165) is 36.0 Å². The van der Waals surface area contributed by atoms with Gasteiger partial charge in [0.2, 0.25) is 5.91 Å². The standard InChI is InChI=1S/C18H19ClN2O/c19-10-12-9-17(22)21(11-12)18-13-5-1-3-7-15(13)20-16-8-4-2-6-14(16)18/h1,3,5,7,12H,2,4,6,8-11H2. The Kier molecular flexibility index (Phi) is 3.53. The minimum absolute atomic E-state index is 0.203. The number of rotatable bonds is 2. The fourth-order valence-corrected chi connectivity index (χ4v) is 3.96. The lowest BCUT2D eigenvalue weighted by Gasteiger charge is -2.26. The summed E-state index contributed by atoms with van der Waals surface area (Å²) in [4.78, 5) is 19.3. The van der Waals surface area contributed by atoms with E-state index in [0.29, 0.717) is 12.3 Å². The molecule has 4 rings (SSSR count). The molecule has 0 radical (unpaired) electrons. The molecule has 1 aliphatic carbocycles. The highest BCUT2D eigenvalue weighted by molar-refractivity contribution is 6.18. The first-order chi connectivity index (χ1) is 10.8. The number of carbonyl (C=O) groups is 1. The maximum Gasteiger partial charge on any atom is 0.227 e. The predicted molar refractivity (Wildman–Crippen MR) is 89.6 cm³/mol. The number of amides is 1. The molecule has 3 nitrogen and oxygen atoms in total. The minimum Gasteiger partial charge on any atom is -0.311 e. The van der Waals surface area contributed by atoms with Crippen molar-refractivity contribution in [2.75, 3.05) is 17.3 Å². The topological polar surface area (TPSA) is 33.2 Å². The third-order valence-corrected chi connectivity index (χ3v) is 5.27. The Morgan fingerprint density at radius 2 is 2.05 bits per heavy atom. The van der Waals surface area contributed by atoms with Crippen molar-refractivity contribution in [3.63, 3.8) is 0 Å². The highest BCUT2D eigenvalue weighted by Gasteiger charge is 2.33. The third-order valence-electron chi connectivity index (χ3n) is 4.83. The Hall–Kier alpha value is -1.61. The van der Waals surface area contributed by atoms with Gasteiger partial charge in [-0.15, -0.1) is 11.6 Å². The Morgan fingerprint density at radius 1 is 1.23 bits per heavy atom. The van der Waals surface area contributed by atoms with Crippen molar-refractivity contribution in [2.24, 2.45) is 5.92 Å². The third kappa shape index (κ3) is 2.19. The highest BCUT2D eigenvalue weighted by atomic mass is 35.5. The maximum atomic E-state index is 12.5. The lowest BCUT2D eigenvalue weighted by molar-refractivity contribution is -0.117. The molecule has 2 heterocycles. The summed E-state index contributed by atoms with van der Waals surface area (Å²) in [7, 11) is 0. The molecule has 0 bridgehead atoms. The summed E-state index contributed by atoms with van der Waals surface area (Å²) in [6.07, 6.45) is 4.98. The number of carbonyl (C=O) groups excluding carboxylic acids is 1. The fraction of sp³-hybridized carbons (Fsp3) is 0.444. The largest absolute Gasteiger partial charge is 0.311 e. The molecule has 1 unspecified atom stereocenters. The van der Waals surface area contributed by atoms with E-state index in [2.05, 4.69) is 6.07 Å². The van der Waals surface area contributed by atoms with Crippen molar-refractivity contribution in [3.05, 3.63) is 35.5 Å². The summed E-state index contributed by atoms with van der Waals surface area (Å²) in [5.74, 6) is 1.02. The van der Waals surface area contributed by atoms with Crippen LogP contribution in [0.25, 0.3) is 10.9 Å². The molecule has 1 fully saturated rings. The molecule has 1 aromatic heterocycles. The quantitative estimate of drug-likeness (QED) is 0.792. The van der Waals surface area contributed by atoms with Gasteiger partial charge in [-0.05, 0) is 43.2 Å². The molecule has 0 N–H and O–H groups in total. The summed E-state index contributed by atoms with van der Waals surface area (Å²) in [5, 5.41) is 1.10. The first-order valence-corrected chi connectivity index (χ1v) is 8.58. The van der Waals surface area contributed by atoms with Gasteiger partial charge in [0.1, 0.15) is 0 Å². The highest BCUT2D eigenvalue weighted by Crippen LogP contribution is 2.38. The summed E-state index contributed by atoms with van der Waals surface area (Å²) in [6.45, 7) is 0.739. The molecular formula is C18H19ClN2O. The summed E-state index contributed by atoms with van der Waals surface area (Å²) in [6, 6.07) is 8.19. The fourth-order valence-electron chi connectivity index (χ4n) is 3.76. The van der Waals surface area contributed by atoms with Gasteiger partial charge in [-0.25, -0.2) is 0 Å². The number of nitrogens with zero attached hydrogens (tertiary/aromatic N) is 2. The van der Waals surface area contributed by atoms with Crippen LogP contribution in [-0.2, 0) is 17.6 Å². The molecule has 0 saturated carbocycles. The van der Waals surface area contributed by atoms with Gasteiger partial charge < -0.3 is 4.90 Å². The normalized spacial score (nSPS) is 21.4. The molecule has 114 valence electrons. The average Bonchev–Trinajstić information content (AvgIpc) is 2.93. The second kappa shape index (κ2) is 5.54. The van der Waals surface area contributed by atoms with Crippen LogP contribution in [0.3, 0.4) is 0 Å². The van der Waals surface area contributed by atoms with Crippen LogP contribution in [0, 0.1) is 5.92 Å². The van der Waals surface area contributed by atoms with Gasteiger partial charge in [0.15, 0.2) is 0 Å². The number of halogens is 1. The number of benzene rings is 1. The van der Waals surface area contributed by atoms with E-state index in [1.807, 2.05) is 23.1 Å². The van der Waals surface area contributed by atoms with Crippen LogP contribution >= 0.6 is 11.6 Å². The molecule has 4 heteroatoms. The molecule has 1 saturated heterocycles. The van der Waals surface area contributed by atoms with E-state index in [1.165, 1.54) is 24.1 Å². The SMILES string of the molecule is O=C1CC(CCl)CN1c1c2c(nc3ccccc13)CCCC2. The lowest BCUT2D eigenvalue weighted by atomic mass is 9.92. The van der Waals surface area contributed by atoms with E-state index >= 15 is 0 Å². The molecule has 2 aliphatic rings. The number of pyridine rings is 1. The average molecular weight is 315 g/mol. The molecule has 2 aromatic rings. The number of aromatic nitrogens is 1. The molecule has 1 aliphatic heterocycles. The summed E-state index contributed by atoms with van der Waals surface area (Å²) in [5.41, 5.74) is 4.58. The molecular weight excluding hydrogens is 296 g/mol. The number of anilines is 1. The number of aryl methyl sites for hydroxylation is 1. The molecule has 1 amide bonds. The zero-order valence-electron chi connectivity index (χ0n) is 12.5. The van der Waals surface area contributed by atoms with Gasteiger partial charge in [-0.3, -0.25) is 9.78 Å². The van der Waals surface area contributed by atoms with Gasteiger partial charge in [0, 0.05) is 29.9 Å². The van der Waals surface area contributed by atoms with Crippen molar-refractivity contribution in [3.8, 4) is 0 Å². The number of hydrogen-bond acceptors (Lipinski definition) is 2. The van der Waals surface area contributed by atoms with Crippen molar-refractivity contribution >= 4 is 34.1 Å². The molecule has 0 spiro atoms. The van der Waals surface area contributed by atoms with E-state index in [1.54, 1.807) is 0 Å². The van der Waals surface area contributed by atoms with Gasteiger partial charge in [0.05, 0.1) is 11.2 Å². The Bertz CT molecular complexity index is 743. The van der Waals surface area contributed by atoms with E-state index in [4.69, 9.17) is 16.6 Å². The van der Waals surface area contributed by atoms with E-state index in [-0.39, 0.29) is 11.8 Å². The van der Waals surface area contributed by atoms with Crippen LogP contribution in [0.2, 0.25) is 0 Å². The zero-order chi connectivity index (χ0) is 15.1. The lowest BCUT2D eigenvalue weighted by Crippen LogP contribution is -2.27. The second-order valence-electron chi connectivity index (χ2n) is 6.34. The first kappa shape index (κ1) is 14.0. The van der Waals surface area contributed by atoms with Gasteiger partial charge in [-0.1, -0.05) is 18.2 Å². The molecule has 1 atom stereocenters. The number of para-hydroxylation sites is 1. The number of hydrogen-bond donors (Lipinski definition) is 0. The summed E-state index contributed by atoms with van der Waals surface area (Å²) < 4.78 is 0. The van der Waals surface area contributed by atoms with Crippen molar-refractivity contribution in [2.45, 2.75) is 32.1 Å². The Morgan fingerprint density at radius 3 is 2.86 bits per heavy atom. The van der Waals surface area contributed by atoms with Crippen LogP contribution in [0.1, 0.15) is 30.5 Å². The second-order valence-corrected chi connectivity index (χ2v) is 6.65. The number of fused-ring (bicyclic) bond motifs is 2. The van der Waals surface area contributed by atoms with Crippen LogP contribution in [0.4, 0.5) is 5.69 Å². The first-order valence-electron chi connectivity index (χ1n) is 8.04. The molecule has 22 heavy (non-hydrogen) atoms. The van der Waals surface area contributed by atoms with Crippen LogP contribution in [-0.4, -0.2) is 23.3 Å².